The fourth-order valence-electron chi connectivity index (χ4n) is 2.87. The van der Waals surface area contributed by atoms with Gasteiger partial charge in [0.25, 0.3) is 0 Å². The number of nitrogens with zero attached hydrogens (tertiary/aromatic N) is 3. The molecule has 3 aromatic heterocycles. The lowest BCUT2D eigenvalue weighted by Gasteiger charge is -2.12. The van der Waals surface area contributed by atoms with Crippen molar-refractivity contribution in [2.45, 2.75) is 26.4 Å². The van der Waals surface area contributed by atoms with E-state index in [1.54, 1.807) is 11.3 Å². The first-order valence-electron chi connectivity index (χ1n) is 7.65. The number of aliphatic hydroxyl groups is 1. The number of aromatic nitrogens is 3. The summed E-state index contributed by atoms with van der Waals surface area (Å²) >= 11 is 3.09. The molecule has 0 aliphatic heterocycles. The average molecular weight is 356 g/mol. The number of aryl methyl sites for hydroxylation is 1. The van der Waals surface area contributed by atoms with Crippen molar-refractivity contribution in [3.63, 3.8) is 0 Å². The summed E-state index contributed by atoms with van der Waals surface area (Å²) in [4.78, 5) is 13.4. The zero-order chi connectivity index (χ0) is 16.8. The van der Waals surface area contributed by atoms with Gasteiger partial charge in [-0.25, -0.2) is 9.97 Å². The van der Waals surface area contributed by atoms with E-state index >= 15 is 0 Å². The zero-order valence-corrected chi connectivity index (χ0v) is 14.9. The minimum absolute atomic E-state index is 0.530. The van der Waals surface area contributed by atoms with Gasteiger partial charge in [0.2, 0.25) is 0 Å². The highest BCUT2D eigenvalue weighted by Gasteiger charge is 2.17. The van der Waals surface area contributed by atoms with Gasteiger partial charge in [0.15, 0.2) is 5.13 Å². The molecule has 4 aromatic rings. The third-order valence-electron chi connectivity index (χ3n) is 4.13. The van der Waals surface area contributed by atoms with Gasteiger partial charge in [0, 0.05) is 17.3 Å². The van der Waals surface area contributed by atoms with Crippen LogP contribution >= 0.6 is 22.7 Å². The number of thiazole rings is 2. The highest BCUT2D eigenvalue weighted by Crippen LogP contribution is 2.40. The Kier molecular flexibility index (Phi) is 3.71. The number of hydrogen-bond donors (Lipinski definition) is 2. The SMILES string of the molecule is CCC(O)c1cc(C)c(-c2cc3nc(N)sc3c3scnc23)cn1. The van der Waals surface area contributed by atoms with Crippen LogP contribution in [0.4, 0.5) is 5.13 Å². The average Bonchev–Trinajstić information content (AvgIpc) is 3.18. The third-order valence-corrected chi connectivity index (χ3v) is 6.02. The largest absolute Gasteiger partial charge is 0.387 e. The monoisotopic (exact) mass is 356 g/mol. The maximum Gasteiger partial charge on any atom is 0.181 e. The van der Waals surface area contributed by atoms with Gasteiger partial charge in [0.05, 0.1) is 37.7 Å². The van der Waals surface area contributed by atoms with Crippen LogP contribution in [0.2, 0.25) is 0 Å². The molecule has 0 fully saturated rings. The van der Waals surface area contributed by atoms with Crippen LogP contribution in [-0.4, -0.2) is 20.1 Å². The molecule has 0 saturated heterocycles. The summed E-state index contributed by atoms with van der Waals surface area (Å²) < 4.78 is 2.19. The van der Waals surface area contributed by atoms with Crippen LogP contribution in [0.1, 0.15) is 30.7 Å². The van der Waals surface area contributed by atoms with E-state index in [4.69, 9.17) is 5.73 Å². The number of fused-ring (bicyclic) bond motifs is 3. The molecule has 0 amide bonds. The molecule has 4 rings (SSSR count). The molecule has 0 spiro atoms. The highest BCUT2D eigenvalue weighted by molar-refractivity contribution is 7.28. The van der Waals surface area contributed by atoms with Crippen LogP contribution in [0.15, 0.2) is 23.8 Å². The summed E-state index contributed by atoms with van der Waals surface area (Å²) in [5.74, 6) is 0. The van der Waals surface area contributed by atoms with E-state index in [1.165, 1.54) is 11.3 Å². The maximum absolute atomic E-state index is 10.0. The zero-order valence-electron chi connectivity index (χ0n) is 13.3. The van der Waals surface area contributed by atoms with Gasteiger partial charge in [-0.2, -0.15) is 0 Å². The number of nitrogen functional groups attached to an aromatic ring is 1. The van der Waals surface area contributed by atoms with E-state index in [-0.39, 0.29) is 0 Å². The third kappa shape index (κ3) is 2.36. The number of hydrogen-bond acceptors (Lipinski definition) is 7. The molecule has 0 saturated carbocycles. The van der Waals surface area contributed by atoms with Crippen LogP contribution in [0.5, 0.6) is 0 Å². The predicted molar refractivity (Wildman–Crippen MR) is 100 cm³/mol. The molecule has 5 nitrogen and oxygen atoms in total. The van der Waals surface area contributed by atoms with E-state index in [9.17, 15) is 5.11 Å². The smallest absolute Gasteiger partial charge is 0.181 e. The molecule has 1 aromatic carbocycles. The van der Waals surface area contributed by atoms with E-state index in [2.05, 4.69) is 15.0 Å². The Morgan fingerprint density at radius 3 is 2.79 bits per heavy atom. The van der Waals surface area contributed by atoms with Gasteiger partial charge in [-0.15, -0.1) is 11.3 Å². The van der Waals surface area contributed by atoms with Crippen molar-refractivity contribution in [1.29, 1.82) is 0 Å². The lowest BCUT2D eigenvalue weighted by molar-refractivity contribution is 0.169. The van der Waals surface area contributed by atoms with Gasteiger partial charge in [-0.1, -0.05) is 18.3 Å². The number of anilines is 1. The molecule has 1 atom stereocenters. The normalized spacial score (nSPS) is 13.0. The van der Waals surface area contributed by atoms with Crippen LogP contribution in [0, 0.1) is 6.92 Å². The summed E-state index contributed by atoms with van der Waals surface area (Å²) in [5.41, 5.74) is 13.3. The number of aliphatic hydroxyl groups excluding tert-OH is 1. The van der Waals surface area contributed by atoms with Crippen molar-refractivity contribution in [3.05, 3.63) is 35.1 Å². The summed E-state index contributed by atoms with van der Waals surface area (Å²) in [5, 5.41) is 10.6. The molecule has 0 radical (unpaired) electrons. The summed E-state index contributed by atoms with van der Waals surface area (Å²) in [6.07, 6.45) is 1.93. The van der Waals surface area contributed by atoms with Crippen molar-refractivity contribution in [1.82, 2.24) is 15.0 Å². The fourth-order valence-corrected chi connectivity index (χ4v) is 4.64. The van der Waals surface area contributed by atoms with Crippen molar-refractivity contribution in [2.24, 2.45) is 0 Å². The van der Waals surface area contributed by atoms with Crippen molar-refractivity contribution < 1.29 is 5.11 Å². The molecule has 3 heterocycles. The summed E-state index contributed by atoms with van der Waals surface area (Å²) in [6, 6.07) is 3.98. The molecule has 7 heteroatoms. The number of rotatable bonds is 3. The minimum atomic E-state index is -0.530. The molecular weight excluding hydrogens is 340 g/mol. The first-order chi connectivity index (χ1) is 11.6. The number of benzene rings is 1. The lowest BCUT2D eigenvalue weighted by Crippen LogP contribution is -2.00. The molecule has 0 aliphatic rings. The predicted octanol–water partition coefficient (Wildman–Crippen LogP) is 4.30. The molecule has 0 aliphatic carbocycles. The van der Waals surface area contributed by atoms with E-state index in [0.717, 1.165) is 37.1 Å². The maximum atomic E-state index is 10.0. The van der Waals surface area contributed by atoms with Crippen molar-refractivity contribution in [2.75, 3.05) is 5.73 Å². The standard InChI is InChI=1S/C17H16N4OS2/c1-3-13(22)11-4-8(2)10(6-19-11)9-5-12-15(24-17(18)21-12)16-14(9)20-7-23-16/h4-7,13,22H,3H2,1-2H3,(H2,18,21). The highest BCUT2D eigenvalue weighted by atomic mass is 32.1. The molecular formula is C17H16N4OS2. The second-order valence-electron chi connectivity index (χ2n) is 5.70. The first kappa shape index (κ1) is 15.4. The molecule has 0 bridgehead atoms. The Bertz CT molecular complexity index is 1050. The van der Waals surface area contributed by atoms with E-state index in [1.807, 2.05) is 37.7 Å². The summed E-state index contributed by atoms with van der Waals surface area (Å²) in [7, 11) is 0. The number of nitrogens with two attached hydrogens (primary N) is 1. The Hall–Kier alpha value is -2.09. The first-order valence-corrected chi connectivity index (χ1v) is 9.35. The molecule has 24 heavy (non-hydrogen) atoms. The minimum Gasteiger partial charge on any atom is -0.387 e. The molecule has 3 N–H and O–H groups in total. The van der Waals surface area contributed by atoms with Gasteiger partial charge >= 0.3 is 0 Å². The van der Waals surface area contributed by atoms with Gasteiger partial charge in [0.1, 0.15) is 0 Å². The Balaban J connectivity index is 1.96. The Morgan fingerprint density at radius 2 is 2.04 bits per heavy atom. The fraction of sp³-hybridized carbons (Fsp3) is 0.235. The summed E-state index contributed by atoms with van der Waals surface area (Å²) in [6.45, 7) is 3.97. The Labute approximate surface area is 146 Å². The van der Waals surface area contributed by atoms with Crippen LogP contribution in [-0.2, 0) is 0 Å². The van der Waals surface area contributed by atoms with Gasteiger partial charge < -0.3 is 10.8 Å². The molecule has 1 unspecified atom stereocenters. The van der Waals surface area contributed by atoms with Crippen molar-refractivity contribution >= 4 is 48.2 Å². The van der Waals surface area contributed by atoms with Crippen molar-refractivity contribution in [3.8, 4) is 11.1 Å². The Morgan fingerprint density at radius 1 is 1.21 bits per heavy atom. The second-order valence-corrected chi connectivity index (χ2v) is 7.59. The van der Waals surface area contributed by atoms with E-state index < -0.39 is 6.10 Å². The van der Waals surface area contributed by atoms with Crippen LogP contribution < -0.4 is 5.73 Å². The lowest BCUT2D eigenvalue weighted by atomic mass is 9.99. The van der Waals surface area contributed by atoms with Crippen LogP contribution in [0.3, 0.4) is 0 Å². The quantitative estimate of drug-likeness (QED) is 0.571. The van der Waals surface area contributed by atoms with Crippen LogP contribution in [0.25, 0.3) is 31.6 Å². The van der Waals surface area contributed by atoms with Gasteiger partial charge in [-0.05, 0) is 31.0 Å². The topological polar surface area (TPSA) is 84.9 Å². The van der Waals surface area contributed by atoms with Gasteiger partial charge in [-0.3, -0.25) is 4.98 Å². The number of pyridine rings is 1. The molecule has 122 valence electrons. The second kappa shape index (κ2) is 5.77. The van der Waals surface area contributed by atoms with E-state index in [0.29, 0.717) is 17.2 Å².